The molecule has 0 radical (unpaired) electrons. The fraction of sp³-hybridized carbons (Fsp3) is 0.588. The molecule has 2 saturated carbocycles. The Morgan fingerprint density at radius 1 is 1.58 bits per heavy atom. The van der Waals surface area contributed by atoms with Gasteiger partial charge in [0.1, 0.15) is 6.04 Å². The van der Waals surface area contributed by atoms with Crippen LogP contribution in [0.25, 0.3) is 10.7 Å². The Kier molecular flexibility index (Phi) is 4.08. The Bertz CT molecular complexity index is 784. The molecule has 2 heterocycles. The zero-order chi connectivity index (χ0) is 16.7. The molecule has 2 aromatic rings. The highest BCUT2D eigenvalue weighted by Gasteiger charge is 2.49. The summed E-state index contributed by atoms with van der Waals surface area (Å²) in [6.07, 6.45) is 6.49. The zero-order valence-electron chi connectivity index (χ0n) is 13.7. The first-order chi connectivity index (χ1) is 11.6. The lowest BCUT2D eigenvalue weighted by atomic mass is 9.65. The fourth-order valence-corrected chi connectivity index (χ4v) is 4.83. The number of rotatable bonds is 6. The summed E-state index contributed by atoms with van der Waals surface area (Å²) in [6.45, 7) is 2.70. The predicted molar refractivity (Wildman–Crippen MR) is 97.5 cm³/mol. The first-order valence-corrected chi connectivity index (χ1v) is 9.88. The number of amides is 1. The van der Waals surface area contributed by atoms with Gasteiger partial charge in [0.15, 0.2) is 10.6 Å². The van der Waals surface area contributed by atoms with Crippen LogP contribution in [0.1, 0.15) is 45.1 Å². The zero-order valence-corrected chi connectivity index (χ0v) is 15.4. The van der Waals surface area contributed by atoms with Crippen molar-refractivity contribution in [1.29, 1.82) is 0 Å². The van der Waals surface area contributed by atoms with Crippen molar-refractivity contribution < 1.29 is 4.79 Å². The number of carbonyl (C=O) groups is 1. The maximum atomic E-state index is 12.7. The van der Waals surface area contributed by atoms with Crippen LogP contribution in [-0.4, -0.2) is 27.2 Å². The monoisotopic (exact) mass is 362 g/mol. The highest BCUT2D eigenvalue weighted by Crippen LogP contribution is 2.56. The van der Waals surface area contributed by atoms with E-state index >= 15 is 0 Å². The van der Waals surface area contributed by atoms with Gasteiger partial charge in [-0.1, -0.05) is 12.5 Å². The van der Waals surface area contributed by atoms with Gasteiger partial charge in [0.05, 0.1) is 4.88 Å². The van der Waals surface area contributed by atoms with Crippen molar-refractivity contribution in [2.45, 2.75) is 45.1 Å². The summed E-state index contributed by atoms with van der Waals surface area (Å²) in [5.41, 5.74) is 0.379. The summed E-state index contributed by atoms with van der Waals surface area (Å²) in [6, 6.07) is 3.60. The summed E-state index contributed by atoms with van der Waals surface area (Å²) < 4.78 is 2.31. The second-order valence-electron chi connectivity index (χ2n) is 7.08. The molecular weight excluding hydrogens is 340 g/mol. The van der Waals surface area contributed by atoms with Crippen LogP contribution in [0.4, 0.5) is 0 Å². The number of aromatic nitrogens is 3. The molecule has 4 rings (SSSR count). The lowest BCUT2D eigenvalue weighted by Crippen LogP contribution is -2.45. The molecule has 5 nitrogen and oxygen atoms in total. The summed E-state index contributed by atoms with van der Waals surface area (Å²) in [5, 5.41) is 12.3. The highest BCUT2D eigenvalue weighted by atomic mass is 32.1. The Morgan fingerprint density at radius 3 is 2.96 bits per heavy atom. The van der Waals surface area contributed by atoms with E-state index in [1.165, 1.54) is 32.1 Å². The van der Waals surface area contributed by atoms with E-state index in [0.717, 1.165) is 23.2 Å². The van der Waals surface area contributed by atoms with Crippen LogP contribution in [0.15, 0.2) is 17.5 Å². The van der Waals surface area contributed by atoms with Crippen molar-refractivity contribution in [1.82, 2.24) is 20.1 Å². The van der Waals surface area contributed by atoms with E-state index in [-0.39, 0.29) is 11.9 Å². The van der Waals surface area contributed by atoms with Gasteiger partial charge in [0, 0.05) is 6.54 Å². The van der Waals surface area contributed by atoms with Crippen LogP contribution in [0.3, 0.4) is 0 Å². The minimum Gasteiger partial charge on any atom is -0.354 e. The smallest absolute Gasteiger partial charge is 0.242 e. The molecule has 2 aliphatic carbocycles. The van der Waals surface area contributed by atoms with Crippen LogP contribution >= 0.6 is 23.6 Å². The third-order valence-corrected chi connectivity index (χ3v) is 6.77. The number of hydrogen-bond acceptors (Lipinski definition) is 4. The van der Waals surface area contributed by atoms with Crippen molar-refractivity contribution in [3.63, 3.8) is 0 Å². The number of carbonyl (C=O) groups excluding carboxylic acids is 1. The minimum atomic E-state index is -0.371. The molecule has 0 saturated heterocycles. The molecule has 128 valence electrons. The highest BCUT2D eigenvalue weighted by molar-refractivity contribution is 7.71. The molecule has 0 bridgehead atoms. The molecule has 1 amide bonds. The summed E-state index contributed by atoms with van der Waals surface area (Å²) in [7, 11) is 0. The number of thiophene rings is 1. The Balaban J connectivity index is 1.49. The molecule has 1 atom stereocenters. The van der Waals surface area contributed by atoms with E-state index in [0.29, 0.717) is 10.2 Å². The van der Waals surface area contributed by atoms with E-state index in [1.807, 2.05) is 29.0 Å². The van der Waals surface area contributed by atoms with Gasteiger partial charge in [-0.25, -0.2) is 0 Å². The first-order valence-electron chi connectivity index (χ1n) is 8.59. The van der Waals surface area contributed by atoms with Crippen LogP contribution in [0.5, 0.6) is 0 Å². The lowest BCUT2D eigenvalue weighted by Gasteiger charge is -2.42. The van der Waals surface area contributed by atoms with Crippen molar-refractivity contribution in [3.8, 4) is 10.7 Å². The largest absolute Gasteiger partial charge is 0.354 e. The molecule has 2 N–H and O–H groups in total. The molecule has 7 heteroatoms. The second-order valence-corrected chi connectivity index (χ2v) is 8.42. The minimum absolute atomic E-state index is 0.0252. The second kappa shape index (κ2) is 6.11. The molecule has 0 aliphatic heterocycles. The normalized spacial score (nSPS) is 20.4. The third kappa shape index (κ3) is 2.73. The van der Waals surface area contributed by atoms with E-state index in [1.54, 1.807) is 11.3 Å². The van der Waals surface area contributed by atoms with E-state index in [2.05, 4.69) is 15.5 Å². The van der Waals surface area contributed by atoms with Crippen LogP contribution < -0.4 is 5.32 Å². The number of hydrogen-bond donors (Lipinski definition) is 2. The SMILES string of the molecule is C[C@@H](C(=O)NCC1(C2CC2)CCC1)n1c(-c2cccs2)n[nH]c1=S. The predicted octanol–water partition coefficient (Wildman–Crippen LogP) is 3.93. The summed E-state index contributed by atoms with van der Waals surface area (Å²) in [5.74, 6) is 1.59. The Hall–Kier alpha value is -1.47. The topological polar surface area (TPSA) is 62.7 Å². The molecule has 0 spiro atoms. The van der Waals surface area contributed by atoms with Crippen molar-refractivity contribution in [3.05, 3.63) is 22.3 Å². The number of nitrogens with one attached hydrogen (secondary N) is 2. The lowest BCUT2D eigenvalue weighted by molar-refractivity contribution is -0.124. The van der Waals surface area contributed by atoms with Gasteiger partial charge >= 0.3 is 0 Å². The Morgan fingerprint density at radius 2 is 2.38 bits per heavy atom. The van der Waals surface area contributed by atoms with Gasteiger partial charge in [-0.2, -0.15) is 5.10 Å². The van der Waals surface area contributed by atoms with Crippen LogP contribution in [0, 0.1) is 16.1 Å². The fourth-order valence-electron chi connectivity index (χ4n) is 3.83. The molecule has 0 unspecified atom stereocenters. The molecular formula is C17H22N4OS2. The third-order valence-electron chi connectivity index (χ3n) is 5.62. The first kappa shape index (κ1) is 16.0. The van der Waals surface area contributed by atoms with Crippen molar-refractivity contribution in [2.75, 3.05) is 6.54 Å². The maximum Gasteiger partial charge on any atom is 0.242 e. The Labute approximate surface area is 150 Å². The average molecular weight is 363 g/mol. The van der Waals surface area contributed by atoms with Gasteiger partial charge < -0.3 is 5.32 Å². The van der Waals surface area contributed by atoms with E-state index in [9.17, 15) is 4.79 Å². The van der Waals surface area contributed by atoms with Crippen LogP contribution in [0.2, 0.25) is 0 Å². The summed E-state index contributed by atoms with van der Waals surface area (Å²) >= 11 is 6.95. The number of H-pyrrole nitrogens is 1. The molecule has 0 aromatic carbocycles. The molecule has 2 fully saturated rings. The number of nitrogens with zero attached hydrogens (tertiary/aromatic N) is 2. The van der Waals surface area contributed by atoms with Crippen molar-refractivity contribution >= 4 is 29.5 Å². The van der Waals surface area contributed by atoms with E-state index < -0.39 is 0 Å². The maximum absolute atomic E-state index is 12.7. The van der Waals surface area contributed by atoms with E-state index in [4.69, 9.17) is 12.2 Å². The average Bonchev–Trinajstić information content (AvgIpc) is 3.09. The molecule has 24 heavy (non-hydrogen) atoms. The van der Waals surface area contributed by atoms with Gasteiger partial charge in [0.25, 0.3) is 0 Å². The molecule has 2 aliphatic rings. The molecule has 2 aromatic heterocycles. The quantitative estimate of drug-likeness (QED) is 0.766. The number of aromatic amines is 1. The summed E-state index contributed by atoms with van der Waals surface area (Å²) in [4.78, 5) is 13.7. The van der Waals surface area contributed by atoms with Gasteiger partial charge in [-0.05, 0) is 67.6 Å². The standard InChI is InChI=1S/C17H22N4OS2/c1-11(15(22)18-10-17(7-3-8-17)12-5-6-12)21-14(19-20-16(21)23)13-4-2-9-24-13/h2,4,9,11-12H,3,5-8,10H2,1H3,(H,18,22)(H,20,23)/t11-/m0/s1. The van der Waals surface area contributed by atoms with Crippen LogP contribution in [-0.2, 0) is 4.79 Å². The van der Waals surface area contributed by atoms with Gasteiger partial charge in [0.2, 0.25) is 5.91 Å². The van der Waals surface area contributed by atoms with Gasteiger partial charge in [-0.15, -0.1) is 11.3 Å². The van der Waals surface area contributed by atoms with Crippen molar-refractivity contribution in [2.24, 2.45) is 11.3 Å². The van der Waals surface area contributed by atoms with Gasteiger partial charge in [-0.3, -0.25) is 14.5 Å².